The van der Waals surface area contributed by atoms with Crippen LogP contribution < -0.4 is 5.32 Å². The lowest BCUT2D eigenvalue weighted by Crippen LogP contribution is -2.44. The zero-order valence-electron chi connectivity index (χ0n) is 11.8. The number of nitrogens with one attached hydrogen (secondary N) is 1. The molecule has 3 unspecified atom stereocenters. The van der Waals surface area contributed by atoms with E-state index in [0.29, 0.717) is 35.1 Å². The first-order valence-corrected chi connectivity index (χ1v) is 6.96. The monoisotopic (exact) mass is 249 g/mol. The molecule has 3 atom stereocenters. The predicted octanol–water partition coefficient (Wildman–Crippen LogP) is 2.68. The fourth-order valence-corrected chi connectivity index (χ4v) is 4.13. The van der Waals surface area contributed by atoms with Crippen molar-refractivity contribution < 1.29 is 4.52 Å². The van der Waals surface area contributed by atoms with Gasteiger partial charge < -0.3 is 9.84 Å². The summed E-state index contributed by atoms with van der Waals surface area (Å²) in [5.41, 5.74) is 0.863. The van der Waals surface area contributed by atoms with Crippen LogP contribution in [0.1, 0.15) is 51.7 Å². The highest BCUT2D eigenvalue weighted by Gasteiger charge is 2.60. The minimum absolute atomic E-state index is 0.409. The van der Waals surface area contributed by atoms with Gasteiger partial charge in [-0.25, -0.2) is 0 Å². The van der Waals surface area contributed by atoms with Crippen molar-refractivity contribution in [2.24, 2.45) is 16.7 Å². The topological polar surface area (TPSA) is 51.0 Å². The summed E-state index contributed by atoms with van der Waals surface area (Å²) in [6.07, 6.45) is 4.02. The molecule has 2 aliphatic rings. The lowest BCUT2D eigenvalue weighted by Gasteiger charge is -2.39. The number of hydrogen-bond acceptors (Lipinski definition) is 4. The second-order valence-corrected chi connectivity index (χ2v) is 6.78. The highest BCUT2D eigenvalue weighted by molar-refractivity contribution is 5.13. The number of hydrogen-bond donors (Lipinski definition) is 1. The van der Waals surface area contributed by atoms with E-state index in [1.807, 2.05) is 6.92 Å². The van der Waals surface area contributed by atoms with Gasteiger partial charge in [0.1, 0.15) is 0 Å². The van der Waals surface area contributed by atoms with E-state index in [1.165, 1.54) is 19.3 Å². The van der Waals surface area contributed by atoms with Gasteiger partial charge in [-0.1, -0.05) is 25.9 Å². The first-order chi connectivity index (χ1) is 8.43. The van der Waals surface area contributed by atoms with Crippen LogP contribution in [0, 0.1) is 23.7 Å². The largest absolute Gasteiger partial charge is 0.338 e. The van der Waals surface area contributed by atoms with Gasteiger partial charge in [0.2, 0.25) is 5.89 Å². The molecule has 0 aliphatic heterocycles. The van der Waals surface area contributed by atoms with E-state index < -0.39 is 0 Å². The number of aromatic nitrogens is 2. The van der Waals surface area contributed by atoms with E-state index in [1.54, 1.807) is 0 Å². The molecule has 4 heteroatoms. The lowest BCUT2D eigenvalue weighted by atomic mass is 9.69. The summed E-state index contributed by atoms with van der Waals surface area (Å²) in [6.45, 7) is 9.86. The Kier molecular flexibility index (Phi) is 2.56. The Bertz CT molecular complexity index is 454. The van der Waals surface area contributed by atoms with E-state index in [2.05, 4.69) is 36.2 Å². The maximum atomic E-state index is 5.17. The number of fused-ring (bicyclic) bond motifs is 2. The van der Waals surface area contributed by atoms with Gasteiger partial charge in [0, 0.05) is 6.04 Å². The fourth-order valence-electron chi connectivity index (χ4n) is 4.13. The maximum absolute atomic E-state index is 5.17. The van der Waals surface area contributed by atoms with Crippen molar-refractivity contribution in [3.8, 4) is 0 Å². The highest BCUT2D eigenvalue weighted by atomic mass is 16.5. The molecule has 100 valence electrons. The average Bonchev–Trinajstić information content (AvgIpc) is 2.87. The maximum Gasteiger partial charge on any atom is 0.240 e. The zero-order chi connectivity index (χ0) is 13.0. The average molecular weight is 249 g/mol. The van der Waals surface area contributed by atoms with Crippen molar-refractivity contribution in [2.75, 3.05) is 0 Å². The van der Waals surface area contributed by atoms with Crippen molar-refractivity contribution in [2.45, 2.75) is 59.5 Å². The third-order valence-corrected chi connectivity index (χ3v) is 5.86. The molecule has 18 heavy (non-hydrogen) atoms. The quantitative estimate of drug-likeness (QED) is 0.894. The summed E-state index contributed by atoms with van der Waals surface area (Å²) in [6, 6.07) is 0.582. The zero-order valence-corrected chi connectivity index (χ0v) is 11.8. The van der Waals surface area contributed by atoms with E-state index >= 15 is 0 Å². The van der Waals surface area contributed by atoms with Gasteiger partial charge in [-0.15, -0.1) is 0 Å². The molecule has 1 aromatic rings. The van der Waals surface area contributed by atoms with Gasteiger partial charge in [0.25, 0.3) is 0 Å². The standard InChI is InChI=1S/C14H23N3O/c1-9-16-12(18-17-9)8-15-11-7-10-5-6-14(11,4)13(10,2)3/h10-11,15H,5-8H2,1-4H3. The smallest absolute Gasteiger partial charge is 0.240 e. The third kappa shape index (κ3) is 1.54. The van der Waals surface area contributed by atoms with Crippen LogP contribution in [-0.2, 0) is 6.54 Å². The molecule has 0 radical (unpaired) electrons. The first kappa shape index (κ1) is 12.2. The summed E-state index contributed by atoms with van der Waals surface area (Å²) < 4.78 is 5.17. The van der Waals surface area contributed by atoms with E-state index in [4.69, 9.17) is 4.52 Å². The van der Waals surface area contributed by atoms with Crippen LogP contribution in [-0.4, -0.2) is 16.2 Å². The van der Waals surface area contributed by atoms with Crippen LogP contribution in [0.5, 0.6) is 0 Å². The molecule has 3 rings (SSSR count). The lowest BCUT2D eigenvalue weighted by molar-refractivity contribution is 0.119. The van der Waals surface area contributed by atoms with Crippen molar-refractivity contribution in [1.82, 2.24) is 15.5 Å². The van der Waals surface area contributed by atoms with Crippen molar-refractivity contribution in [3.63, 3.8) is 0 Å². The molecule has 0 spiro atoms. The van der Waals surface area contributed by atoms with E-state index in [-0.39, 0.29) is 0 Å². The van der Waals surface area contributed by atoms with Gasteiger partial charge in [-0.3, -0.25) is 0 Å². The van der Waals surface area contributed by atoms with Crippen molar-refractivity contribution in [3.05, 3.63) is 11.7 Å². The Morgan fingerprint density at radius 1 is 1.39 bits per heavy atom. The first-order valence-electron chi connectivity index (χ1n) is 6.96. The van der Waals surface area contributed by atoms with Crippen molar-refractivity contribution in [1.29, 1.82) is 0 Å². The molecule has 2 aliphatic carbocycles. The molecule has 2 fully saturated rings. The van der Waals surface area contributed by atoms with Gasteiger partial charge in [0.05, 0.1) is 6.54 Å². The Morgan fingerprint density at radius 2 is 2.17 bits per heavy atom. The Morgan fingerprint density at radius 3 is 2.67 bits per heavy atom. The van der Waals surface area contributed by atoms with Gasteiger partial charge in [-0.2, -0.15) is 4.98 Å². The third-order valence-electron chi connectivity index (χ3n) is 5.86. The Hall–Kier alpha value is -0.900. The van der Waals surface area contributed by atoms with Gasteiger partial charge >= 0.3 is 0 Å². The number of rotatable bonds is 3. The summed E-state index contributed by atoms with van der Waals surface area (Å²) in [5.74, 6) is 2.28. The van der Waals surface area contributed by atoms with Gasteiger partial charge in [-0.05, 0) is 42.9 Å². The molecular formula is C14H23N3O. The van der Waals surface area contributed by atoms with Crippen LogP contribution in [0.15, 0.2) is 4.52 Å². The molecule has 1 N–H and O–H groups in total. The molecule has 2 bridgehead atoms. The van der Waals surface area contributed by atoms with E-state index in [0.717, 1.165) is 5.92 Å². The van der Waals surface area contributed by atoms with Crippen LogP contribution >= 0.6 is 0 Å². The molecule has 4 nitrogen and oxygen atoms in total. The fraction of sp³-hybridized carbons (Fsp3) is 0.857. The van der Waals surface area contributed by atoms with Crippen molar-refractivity contribution >= 4 is 0 Å². The number of aryl methyl sites for hydroxylation is 1. The second kappa shape index (κ2) is 3.80. The minimum atomic E-state index is 0.409. The summed E-state index contributed by atoms with van der Waals surface area (Å²) in [4.78, 5) is 4.25. The summed E-state index contributed by atoms with van der Waals surface area (Å²) in [5, 5.41) is 7.47. The summed E-state index contributed by atoms with van der Waals surface area (Å²) in [7, 11) is 0. The SMILES string of the molecule is Cc1noc(CNC2CC3CCC2(C)C3(C)C)n1. The molecule has 1 aromatic heterocycles. The molecule has 1 heterocycles. The number of nitrogens with zero attached hydrogens (tertiary/aromatic N) is 2. The van der Waals surface area contributed by atoms with Crippen LogP contribution in [0.4, 0.5) is 0 Å². The minimum Gasteiger partial charge on any atom is -0.338 e. The second-order valence-electron chi connectivity index (χ2n) is 6.78. The Labute approximate surface area is 109 Å². The normalized spacial score (nSPS) is 37.3. The molecule has 0 saturated heterocycles. The van der Waals surface area contributed by atoms with Crippen LogP contribution in [0.25, 0.3) is 0 Å². The summed E-state index contributed by atoms with van der Waals surface area (Å²) >= 11 is 0. The van der Waals surface area contributed by atoms with Gasteiger partial charge in [0.15, 0.2) is 5.82 Å². The molecule has 0 aromatic carbocycles. The highest BCUT2D eigenvalue weighted by Crippen LogP contribution is 2.65. The molecular weight excluding hydrogens is 226 g/mol. The predicted molar refractivity (Wildman–Crippen MR) is 68.9 cm³/mol. The Balaban J connectivity index is 1.69. The van der Waals surface area contributed by atoms with E-state index in [9.17, 15) is 0 Å². The molecule has 2 saturated carbocycles. The van der Waals surface area contributed by atoms with Crippen LogP contribution in [0.2, 0.25) is 0 Å². The van der Waals surface area contributed by atoms with Crippen LogP contribution in [0.3, 0.4) is 0 Å². The molecule has 0 amide bonds.